The summed E-state index contributed by atoms with van der Waals surface area (Å²) in [5, 5.41) is 50.3. The SMILES string of the molecule is CCOC(=O)OCC1OC(c2ccc(C)c(Cc3ccc(OC)cc3)c2)C(O)C(O)C1F.COc1ccc(Cc2cc(C3OC(CO)C(F)C(O)C3O)ccc2C)cc1. The number of benzene rings is 4. The number of carbonyl (C=O) groups is 1. The minimum Gasteiger partial charge on any atom is -0.497 e. The number of ether oxygens (including phenoxy) is 6. The van der Waals surface area contributed by atoms with Crippen molar-refractivity contribution in [3.8, 4) is 11.5 Å². The molecule has 59 heavy (non-hydrogen) atoms. The second kappa shape index (κ2) is 21.0. The van der Waals surface area contributed by atoms with E-state index >= 15 is 0 Å². The summed E-state index contributed by atoms with van der Waals surface area (Å²) >= 11 is 0. The monoisotopic (exact) mass is 824 g/mol. The van der Waals surface area contributed by atoms with Gasteiger partial charge in [0.05, 0.1) is 27.4 Å². The van der Waals surface area contributed by atoms with Crippen LogP contribution in [0.4, 0.5) is 13.6 Å². The van der Waals surface area contributed by atoms with Crippen molar-refractivity contribution < 1.29 is 67.5 Å². The van der Waals surface area contributed by atoms with Crippen LogP contribution in [-0.4, -0.2) is 115 Å². The average Bonchev–Trinajstić information content (AvgIpc) is 3.24. The van der Waals surface area contributed by atoms with Crippen molar-refractivity contribution in [2.24, 2.45) is 0 Å². The second-order valence-electron chi connectivity index (χ2n) is 14.6. The fraction of sp³-hybridized carbons (Fsp3) is 0.444. The van der Waals surface area contributed by atoms with E-state index in [0.29, 0.717) is 24.0 Å². The normalized spacial score (nSPS) is 26.6. The third kappa shape index (κ3) is 11.3. The Hall–Kier alpha value is -4.67. The van der Waals surface area contributed by atoms with Crippen LogP contribution >= 0.6 is 0 Å². The summed E-state index contributed by atoms with van der Waals surface area (Å²) in [6, 6.07) is 26.6. The molecule has 0 aliphatic carbocycles. The van der Waals surface area contributed by atoms with Gasteiger partial charge in [-0.15, -0.1) is 0 Å². The van der Waals surface area contributed by atoms with Crippen molar-refractivity contribution in [3.63, 3.8) is 0 Å². The van der Waals surface area contributed by atoms with E-state index in [1.54, 1.807) is 33.3 Å². The van der Waals surface area contributed by atoms with Gasteiger partial charge in [0.2, 0.25) is 0 Å². The number of hydrogen-bond acceptors (Lipinski definition) is 12. The standard InChI is InChI=1S/C24H29FO7.C21H25FO5/c1-4-30-24(28)31-13-19-20(25)21(26)22(27)23(32-19)16-8-5-14(2)17(12-16)11-15-6-9-18(29-3)10-7-15;1-12-3-6-14(21-20(25)19(24)18(22)17(11-23)27-21)10-15(12)9-13-4-7-16(26-2)8-5-13/h5-10,12,19-23,26-27H,4,11,13H2,1-3H3;3-8,10,17-21,23-25H,9,11H2,1-2H3. The number of aliphatic hydroxyl groups is 5. The third-order valence-electron chi connectivity index (χ3n) is 10.6. The average molecular weight is 825 g/mol. The van der Waals surface area contributed by atoms with Gasteiger partial charge in [-0.2, -0.15) is 0 Å². The van der Waals surface area contributed by atoms with Gasteiger partial charge < -0.3 is 54.0 Å². The second-order valence-corrected chi connectivity index (χ2v) is 14.6. The van der Waals surface area contributed by atoms with E-state index < -0.39 is 80.5 Å². The van der Waals surface area contributed by atoms with Crippen LogP contribution in [0.2, 0.25) is 0 Å². The van der Waals surface area contributed by atoms with E-state index in [1.807, 2.05) is 86.6 Å². The van der Waals surface area contributed by atoms with E-state index in [0.717, 1.165) is 44.9 Å². The lowest BCUT2D eigenvalue weighted by atomic mass is 9.89. The van der Waals surface area contributed by atoms with Gasteiger partial charge in [0.25, 0.3) is 0 Å². The highest BCUT2D eigenvalue weighted by Gasteiger charge is 2.47. The Balaban J connectivity index is 0.000000227. The number of aryl methyl sites for hydroxylation is 2. The lowest BCUT2D eigenvalue weighted by Gasteiger charge is -2.39. The van der Waals surface area contributed by atoms with Crippen molar-refractivity contribution in [1.29, 1.82) is 0 Å². The van der Waals surface area contributed by atoms with Gasteiger partial charge in [0.1, 0.15) is 66.9 Å². The van der Waals surface area contributed by atoms with Crippen LogP contribution in [0, 0.1) is 13.8 Å². The van der Waals surface area contributed by atoms with Crippen molar-refractivity contribution in [1.82, 2.24) is 0 Å². The first-order valence-electron chi connectivity index (χ1n) is 19.4. The lowest BCUT2D eigenvalue weighted by molar-refractivity contribution is -0.215. The summed E-state index contributed by atoms with van der Waals surface area (Å²) in [5.74, 6) is 1.55. The summed E-state index contributed by atoms with van der Waals surface area (Å²) in [6.45, 7) is 4.70. The predicted octanol–water partition coefficient (Wildman–Crippen LogP) is 5.35. The number of hydrogen-bond donors (Lipinski definition) is 5. The predicted molar refractivity (Wildman–Crippen MR) is 213 cm³/mol. The topological polar surface area (TPSA) is 174 Å². The minimum atomic E-state index is -1.92. The van der Waals surface area contributed by atoms with E-state index in [2.05, 4.69) is 4.74 Å². The molecule has 0 bridgehead atoms. The third-order valence-corrected chi connectivity index (χ3v) is 10.6. The Bertz CT molecular complexity index is 1940. The maximum atomic E-state index is 14.5. The van der Waals surface area contributed by atoms with Crippen LogP contribution in [0.15, 0.2) is 84.9 Å². The molecule has 4 aromatic rings. The molecule has 0 spiro atoms. The van der Waals surface area contributed by atoms with Gasteiger partial charge >= 0.3 is 6.16 Å². The Labute approximate surface area is 342 Å². The fourth-order valence-corrected chi connectivity index (χ4v) is 7.04. The number of methoxy groups -OCH3 is 2. The molecule has 0 amide bonds. The molecule has 2 aliphatic heterocycles. The Morgan fingerprint density at radius 3 is 1.46 bits per heavy atom. The first-order chi connectivity index (χ1) is 28.3. The number of halogens is 2. The van der Waals surface area contributed by atoms with E-state index in [1.165, 1.54) is 0 Å². The van der Waals surface area contributed by atoms with Crippen LogP contribution in [-0.2, 0) is 31.8 Å². The molecule has 6 rings (SSSR count). The van der Waals surface area contributed by atoms with Crippen LogP contribution < -0.4 is 9.47 Å². The number of alkyl halides is 2. The molecule has 320 valence electrons. The summed E-state index contributed by atoms with van der Waals surface area (Å²) in [4.78, 5) is 11.4. The quantitative estimate of drug-likeness (QED) is 0.116. The number of carbonyl (C=O) groups excluding carboxylic acids is 1. The van der Waals surface area contributed by atoms with E-state index in [4.69, 9.17) is 23.7 Å². The molecule has 2 saturated heterocycles. The smallest absolute Gasteiger partial charge is 0.497 e. The van der Waals surface area contributed by atoms with Crippen molar-refractivity contribution in [3.05, 3.63) is 129 Å². The lowest BCUT2D eigenvalue weighted by Crippen LogP contribution is -2.53. The first kappa shape index (κ1) is 45.4. The van der Waals surface area contributed by atoms with Crippen LogP contribution in [0.5, 0.6) is 11.5 Å². The molecule has 10 unspecified atom stereocenters. The van der Waals surface area contributed by atoms with Gasteiger partial charge in [-0.25, -0.2) is 13.6 Å². The highest BCUT2D eigenvalue weighted by Crippen LogP contribution is 2.36. The Morgan fingerprint density at radius 2 is 1.05 bits per heavy atom. The Kier molecular flexibility index (Phi) is 16.2. The minimum absolute atomic E-state index is 0.119. The molecule has 2 fully saturated rings. The zero-order valence-corrected chi connectivity index (χ0v) is 33.7. The molecular formula is C45H54F2O12. The van der Waals surface area contributed by atoms with Gasteiger partial charge in [-0.1, -0.05) is 60.7 Å². The molecule has 0 radical (unpaired) electrons. The van der Waals surface area contributed by atoms with Gasteiger partial charge in [0, 0.05) is 0 Å². The highest BCUT2D eigenvalue weighted by molar-refractivity contribution is 5.59. The summed E-state index contributed by atoms with van der Waals surface area (Å²) < 4.78 is 59.7. The molecule has 0 aromatic heterocycles. The molecule has 2 aliphatic rings. The van der Waals surface area contributed by atoms with Crippen LogP contribution in [0.25, 0.3) is 0 Å². The van der Waals surface area contributed by atoms with E-state index in [-0.39, 0.29) is 6.61 Å². The molecular weight excluding hydrogens is 770 g/mol. The maximum Gasteiger partial charge on any atom is 0.508 e. The fourth-order valence-electron chi connectivity index (χ4n) is 7.04. The molecule has 12 nitrogen and oxygen atoms in total. The number of rotatable bonds is 12. The molecule has 4 aromatic carbocycles. The maximum absolute atomic E-state index is 14.5. The molecule has 10 atom stereocenters. The first-order valence-corrected chi connectivity index (χ1v) is 19.4. The zero-order valence-electron chi connectivity index (χ0n) is 33.7. The molecule has 14 heteroatoms. The molecule has 2 heterocycles. The van der Waals surface area contributed by atoms with Gasteiger partial charge in [-0.05, 0) is 102 Å². The summed E-state index contributed by atoms with van der Waals surface area (Å²) in [5.41, 5.74) is 7.55. The molecule has 0 saturated carbocycles. The summed E-state index contributed by atoms with van der Waals surface area (Å²) in [6.07, 6.45) is -13.8. The summed E-state index contributed by atoms with van der Waals surface area (Å²) in [7, 11) is 3.23. The van der Waals surface area contributed by atoms with Crippen molar-refractivity contribution >= 4 is 6.16 Å². The van der Waals surface area contributed by atoms with Crippen molar-refractivity contribution in [2.45, 2.75) is 94.8 Å². The number of aliphatic hydroxyl groups excluding tert-OH is 5. The van der Waals surface area contributed by atoms with Crippen molar-refractivity contribution in [2.75, 3.05) is 34.0 Å². The molecule has 5 N–H and O–H groups in total. The van der Waals surface area contributed by atoms with Gasteiger partial charge in [0.15, 0.2) is 12.3 Å². The largest absolute Gasteiger partial charge is 0.508 e. The Morgan fingerprint density at radius 1 is 0.627 bits per heavy atom. The van der Waals surface area contributed by atoms with Gasteiger partial charge in [-0.3, -0.25) is 0 Å². The highest BCUT2D eigenvalue weighted by atomic mass is 19.1. The zero-order chi connectivity index (χ0) is 42.8. The van der Waals surface area contributed by atoms with Crippen LogP contribution in [0.1, 0.15) is 63.6 Å². The van der Waals surface area contributed by atoms with E-state index in [9.17, 15) is 39.1 Å². The van der Waals surface area contributed by atoms with Crippen LogP contribution in [0.3, 0.4) is 0 Å².